The number of hydrogen-bond donors (Lipinski definition) is 5. The van der Waals surface area contributed by atoms with Crippen LogP contribution < -0.4 is 26.6 Å². The number of pyridine rings is 5. The minimum absolute atomic E-state index is 0.0725. The Morgan fingerprint density at radius 2 is 0.738 bits per heavy atom. The van der Waals surface area contributed by atoms with Crippen LogP contribution in [-0.4, -0.2) is 80.8 Å². The zero-order chi connectivity index (χ0) is 84.9. The van der Waals surface area contributed by atoms with E-state index in [1.165, 1.54) is 195 Å². The molecular formula is C103H109Cl3F2N16OS. The van der Waals surface area contributed by atoms with Crippen molar-refractivity contribution in [2.45, 2.75) is 216 Å². The molecule has 14 saturated carbocycles. The Morgan fingerprint density at radius 3 is 1.15 bits per heavy atom. The second-order valence-corrected chi connectivity index (χ2v) is 41.4. The Bertz CT molecular complexity index is 6390. The van der Waals surface area contributed by atoms with Crippen LogP contribution in [0.4, 0.5) is 37.9 Å². The first-order chi connectivity index (χ1) is 61.5. The van der Waals surface area contributed by atoms with Crippen LogP contribution in [0.25, 0.3) is 84.0 Å². The van der Waals surface area contributed by atoms with Crippen LogP contribution in [0.2, 0.25) is 15.1 Å². The van der Waals surface area contributed by atoms with E-state index in [1.807, 2.05) is 120 Å². The lowest BCUT2D eigenvalue weighted by molar-refractivity contribution is 0.0104. The van der Waals surface area contributed by atoms with E-state index in [9.17, 15) is 8.78 Å². The van der Waals surface area contributed by atoms with E-state index in [2.05, 4.69) is 140 Å². The van der Waals surface area contributed by atoms with Gasteiger partial charge in [0.1, 0.15) is 109 Å². The molecule has 0 aliphatic heterocycles. The lowest BCUT2D eigenvalue weighted by Gasteiger charge is -2.57. The fourth-order valence-corrected chi connectivity index (χ4v) is 27.5. The Hall–Kier alpha value is -10.3. The zero-order valence-corrected chi connectivity index (χ0v) is 74.7. The van der Waals surface area contributed by atoms with Gasteiger partial charge in [0.2, 0.25) is 0 Å². The average Bonchev–Trinajstić information content (AvgIpc) is 1.17. The molecule has 0 spiro atoms. The molecule has 29 rings (SSSR count). The van der Waals surface area contributed by atoms with Crippen LogP contribution in [0.15, 0.2) is 205 Å². The van der Waals surface area contributed by atoms with Crippen LogP contribution >= 0.6 is 46.1 Å². The summed E-state index contributed by atoms with van der Waals surface area (Å²) in [6.45, 7) is 4.13. The number of nitrogens with one attached hydrogen (secondary N) is 5. The Morgan fingerprint density at radius 1 is 0.373 bits per heavy atom. The number of anilines is 5. The summed E-state index contributed by atoms with van der Waals surface area (Å²) in [5, 5.41) is 27.8. The number of halogens is 5. The molecule has 0 radical (unpaired) electrons. The standard InChI is InChI=1S/C23H24ClN3.C22H25N3S.C21H24N4O.C19H19Cl2N3.C18H17F2N3/c24-19-6-2-1-5-18(19)21-22(27-8-4-3-7-20(27)25-21)26-23-12-15-9-16(13-23)11-17(10-15)14-23;1-14-5-7-26-20(14)19-21(25-6-3-2-4-18(25)23-19)24-22-11-15-8-16(12-22)10-17(9-15)13-22;1-13-6-17(24-26-13)19-20(25-5-3-2-4-18(25)22-19)23-21-10-14-7-15(11-21)9-16(8-14)12-21;20-13-9-10-15(16(21)12-13)18-19(22-14-6-2-1-3-7-14)24-11-5-4-8-17(24)23-18;19-13-8-5-9-14(20)16(13)17-18(21-12-6-1-2-7-12)23-11-4-3-10-15(23)22-17/h1-8,15-17,26H,9-14H2;2-7,15-17,24H,8-13H2,1H3;2-6,14-16,23H,7-12H2,1H3;4-5,8-12,14,22H,1-3,6-7H2;3-5,8-12,21H,1-2,6-7H2. The number of nitrogens with zero attached hydrogens (tertiary/aromatic N) is 11. The van der Waals surface area contributed by atoms with Crippen LogP contribution in [0.5, 0.6) is 0 Å². The summed E-state index contributed by atoms with van der Waals surface area (Å²) in [4.78, 5) is 25.4. The Balaban J connectivity index is 0.0000000933. The molecule has 0 amide bonds. The molecule has 12 heterocycles. The van der Waals surface area contributed by atoms with E-state index in [0.717, 1.165) is 157 Å². The molecule has 15 aromatic rings. The highest BCUT2D eigenvalue weighted by Gasteiger charge is 2.55. The predicted octanol–water partition coefficient (Wildman–Crippen LogP) is 27.2. The molecule has 5 N–H and O–H groups in total. The minimum atomic E-state index is -0.595. The average molecular weight is 1760 g/mol. The number of hydrogen-bond acceptors (Lipinski definition) is 13. The monoisotopic (exact) mass is 1760 g/mol. The lowest BCUT2D eigenvalue weighted by Crippen LogP contribution is -2.55. The molecule has 0 unspecified atom stereocenters. The van der Waals surface area contributed by atoms with Crippen molar-refractivity contribution >= 4 is 103 Å². The lowest BCUT2D eigenvalue weighted by atomic mass is 9.53. The van der Waals surface area contributed by atoms with Gasteiger partial charge < -0.3 is 31.1 Å². The van der Waals surface area contributed by atoms with Crippen LogP contribution in [-0.2, 0) is 0 Å². The molecule has 648 valence electrons. The number of imidazole rings is 5. The smallest absolute Gasteiger partial charge is 0.141 e. The number of aromatic nitrogens is 11. The third-order valence-corrected chi connectivity index (χ3v) is 31.9. The topological polar surface area (TPSA) is 173 Å². The minimum Gasteiger partial charge on any atom is -0.367 e. The second-order valence-electron chi connectivity index (χ2n) is 39.2. The molecule has 126 heavy (non-hydrogen) atoms. The van der Waals surface area contributed by atoms with Crippen molar-refractivity contribution in [2.24, 2.45) is 53.3 Å². The van der Waals surface area contributed by atoms with Gasteiger partial charge in [0.05, 0.1) is 20.5 Å². The number of rotatable bonds is 15. The van der Waals surface area contributed by atoms with Crippen LogP contribution in [0, 0.1) is 78.7 Å². The van der Waals surface area contributed by atoms with E-state index in [-0.39, 0.29) is 16.6 Å². The van der Waals surface area contributed by atoms with Gasteiger partial charge in [0, 0.05) is 81.9 Å². The maximum atomic E-state index is 14.2. The highest BCUT2D eigenvalue weighted by Crippen LogP contribution is 2.61. The van der Waals surface area contributed by atoms with Crippen molar-refractivity contribution in [1.29, 1.82) is 0 Å². The van der Waals surface area contributed by atoms with E-state index in [0.29, 0.717) is 44.8 Å². The fraction of sp³-hybridized carbons (Fsp3) is 0.417. The van der Waals surface area contributed by atoms with Gasteiger partial charge in [-0.15, -0.1) is 11.3 Å². The summed E-state index contributed by atoms with van der Waals surface area (Å²) in [7, 11) is 0. The van der Waals surface area contributed by atoms with Crippen molar-refractivity contribution in [3.05, 3.63) is 238 Å². The summed E-state index contributed by atoms with van der Waals surface area (Å²) in [6, 6.07) is 52.8. The van der Waals surface area contributed by atoms with Gasteiger partial charge in [-0.3, -0.25) is 22.0 Å². The van der Waals surface area contributed by atoms with Gasteiger partial charge >= 0.3 is 0 Å². The number of benzene rings is 3. The van der Waals surface area contributed by atoms with Crippen molar-refractivity contribution in [1.82, 2.24) is 52.1 Å². The van der Waals surface area contributed by atoms with E-state index in [4.69, 9.17) is 59.3 Å². The summed E-state index contributed by atoms with van der Waals surface area (Å²) in [5.41, 5.74) is 13.5. The van der Waals surface area contributed by atoms with Gasteiger partial charge in [-0.2, -0.15) is 0 Å². The number of aryl methyl sites for hydroxylation is 2. The van der Waals surface area contributed by atoms with Gasteiger partial charge in [0.25, 0.3) is 0 Å². The Labute approximate surface area is 753 Å². The molecule has 14 aliphatic carbocycles. The first-order valence-electron chi connectivity index (χ1n) is 46.4. The van der Waals surface area contributed by atoms with E-state index in [1.54, 1.807) is 6.07 Å². The fourth-order valence-electron chi connectivity index (χ4n) is 25.9. The van der Waals surface area contributed by atoms with Gasteiger partial charge in [0.15, 0.2) is 0 Å². The third kappa shape index (κ3) is 16.0. The molecule has 12 aromatic heterocycles. The molecule has 0 atom stereocenters. The largest absolute Gasteiger partial charge is 0.367 e. The number of fused-ring (bicyclic) bond motifs is 5. The summed E-state index contributed by atoms with van der Waals surface area (Å²) in [6.07, 6.45) is 46.1. The van der Waals surface area contributed by atoms with Gasteiger partial charge in [-0.25, -0.2) is 33.7 Å². The first kappa shape index (κ1) is 81.5. The molecule has 17 nitrogen and oxygen atoms in total. The highest BCUT2D eigenvalue weighted by molar-refractivity contribution is 7.13. The SMILES string of the molecule is Cc1cc(-c2nc3ccccn3c2NC23CC4CC(CC(C4)C2)C3)no1.Cc1ccsc1-c1nc2ccccn2c1NC12CC3CC(CC(C3)C1)C2.Clc1ccc(-c2nc3ccccn3c2NC2CCCCC2)c(Cl)c1.Clc1ccccc1-c1nc2ccccn2c1NC12CC3CC(CC(C3)C1)C2.Fc1cccc(F)c1-c1nc2ccccn2c1NC1CCCC1. The van der Waals surface area contributed by atoms with Crippen molar-refractivity contribution in [2.75, 3.05) is 26.6 Å². The number of thiophene rings is 1. The van der Waals surface area contributed by atoms with E-state index < -0.39 is 11.6 Å². The highest BCUT2D eigenvalue weighted by atomic mass is 35.5. The molecule has 23 heteroatoms. The first-order valence-corrected chi connectivity index (χ1v) is 48.4. The molecule has 14 aliphatic rings. The second kappa shape index (κ2) is 33.7. The van der Waals surface area contributed by atoms with Crippen LogP contribution in [0.3, 0.4) is 0 Å². The zero-order valence-electron chi connectivity index (χ0n) is 71.6. The van der Waals surface area contributed by atoms with Crippen molar-refractivity contribution in [3.8, 4) is 55.7 Å². The summed E-state index contributed by atoms with van der Waals surface area (Å²) in [5.74, 6) is 13.0. The predicted molar refractivity (Wildman–Crippen MR) is 505 cm³/mol. The van der Waals surface area contributed by atoms with Crippen molar-refractivity contribution in [3.63, 3.8) is 0 Å². The summed E-state index contributed by atoms with van der Waals surface area (Å²) >= 11 is 20.9. The molecular weight excluding hydrogens is 1650 g/mol. The molecule has 3 aromatic carbocycles. The maximum absolute atomic E-state index is 14.2. The van der Waals surface area contributed by atoms with E-state index >= 15 is 0 Å². The normalized spacial score (nSPS) is 25.9. The van der Waals surface area contributed by atoms with Gasteiger partial charge in [-0.1, -0.05) is 127 Å². The van der Waals surface area contributed by atoms with Gasteiger partial charge in [-0.05, 0) is 322 Å². The Kier molecular flexibility index (Phi) is 21.8. The summed E-state index contributed by atoms with van der Waals surface area (Å²) < 4.78 is 44.4. The quantitative estimate of drug-likeness (QED) is 0.0659. The molecule has 12 bridgehead atoms. The maximum Gasteiger partial charge on any atom is 0.141 e. The van der Waals surface area contributed by atoms with Crippen LogP contribution in [0.1, 0.15) is 185 Å². The molecule has 14 fully saturated rings. The third-order valence-electron chi connectivity index (χ3n) is 30.0. The van der Waals surface area contributed by atoms with Crippen molar-refractivity contribution < 1.29 is 13.3 Å². The molecule has 0 saturated heterocycles.